The molecule has 0 aliphatic carbocycles. The van der Waals surface area contributed by atoms with Crippen LogP contribution in [0.4, 0.5) is 24.5 Å². The number of anilines is 2. The molecule has 0 radical (unpaired) electrons. The molecule has 2 aromatic rings. The minimum absolute atomic E-state index is 0.00758. The van der Waals surface area contributed by atoms with Crippen LogP contribution in [-0.2, 0) is 9.59 Å². The van der Waals surface area contributed by atoms with Gasteiger partial charge in [0, 0.05) is 30.6 Å². The van der Waals surface area contributed by atoms with Crippen LogP contribution >= 0.6 is 11.6 Å². The van der Waals surface area contributed by atoms with E-state index in [4.69, 9.17) is 11.6 Å². The number of hydrogen-bond acceptors (Lipinski definition) is 2. The Labute approximate surface area is 153 Å². The summed E-state index contributed by atoms with van der Waals surface area (Å²) in [5.74, 6) is -5.45. The highest BCUT2D eigenvalue weighted by molar-refractivity contribution is 6.31. The first-order valence-corrected chi connectivity index (χ1v) is 8.06. The summed E-state index contributed by atoms with van der Waals surface area (Å²) in [7, 11) is 0. The van der Waals surface area contributed by atoms with Crippen molar-refractivity contribution in [2.75, 3.05) is 16.8 Å². The summed E-state index contributed by atoms with van der Waals surface area (Å²) in [6, 6.07) is 6.66. The minimum Gasteiger partial charge on any atom is -0.323 e. The molecule has 0 fully saturated rings. The van der Waals surface area contributed by atoms with Crippen molar-refractivity contribution >= 4 is 34.8 Å². The van der Waals surface area contributed by atoms with Gasteiger partial charge in [-0.05, 0) is 36.8 Å². The summed E-state index contributed by atoms with van der Waals surface area (Å²) < 4.78 is 39.7. The third-order valence-electron chi connectivity index (χ3n) is 3.71. The average molecular weight is 385 g/mol. The van der Waals surface area contributed by atoms with E-state index in [1.807, 2.05) is 0 Å². The molecule has 0 atom stereocenters. The third-order valence-corrected chi connectivity index (χ3v) is 3.95. The van der Waals surface area contributed by atoms with Crippen LogP contribution in [0.15, 0.2) is 30.3 Å². The molecule has 0 saturated carbocycles. The molecular formula is C18H16ClF3N2O2. The van der Waals surface area contributed by atoms with Crippen LogP contribution in [-0.4, -0.2) is 18.4 Å². The molecule has 26 heavy (non-hydrogen) atoms. The zero-order valence-electron chi connectivity index (χ0n) is 14.1. The number of carbonyl (C=O) groups excluding carboxylic acids is 2. The van der Waals surface area contributed by atoms with Crippen molar-refractivity contribution in [2.45, 2.75) is 20.3 Å². The number of rotatable bonds is 5. The topological polar surface area (TPSA) is 49.4 Å². The lowest BCUT2D eigenvalue weighted by atomic mass is 10.1. The van der Waals surface area contributed by atoms with Crippen molar-refractivity contribution < 1.29 is 22.8 Å². The van der Waals surface area contributed by atoms with Crippen LogP contribution in [0.5, 0.6) is 0 Å². The Morgan fingerprint density at radius 2 is 1.81 bits per heavy atom. The molecule has 4 nitrogen and oxygen atoms in total. The monoisotopic (exact) mass is 384 g/mol. The Kier molecular flexibility index (Phi) is 6.26. The quantitative estimate of drug-likeness (QED) is 0.774. The van der Waals surface area contributed by atoms with Crippen LogP contribution in [0.3, 0.4) is 0 Å². The number of nitrogens with zero attached hydrogens (tertiary/aromatic N) is 1. The highest BCUT2D eigenvalue weighted by atomic mass is 35.5. The second-order valence-corrected chi connectivity index (χ2v) is 6.06. The predicted molar refractivity (Wildman–Crippen MR) is 93.8 cm³/mol. The maximum absolute atomic E-state index is 13.6. The van der Waals surface area contributed by atoms with Gasteiger partial charge in [0.15, 0.2) is 17.5 Å². The van der Waals surface area contributed by atoms with Crippen LogP contribution in [0.25, 0.3) is 0 Å². The molecule has 8 heteroatoms. The Bertz CT molecular complexity index is 859. The average Bonchev–Trinajstić information content (AvgIpc) is 2.58. The molecule has 0 aromatic heterocycles. The summed E-state index contributed by atoms with van der Waals surface area (Å²) in [5.41, 5.74) is 0.871. The second kappa shape index (κ2) is 8.23. The Balaban J connectivity index is 2.10. The maximum Gasteiger partial charge on any atom is 0.226 e. The van der Waals surface area contributed by atoms with Crippen molar-refractivity contribution in [3.63, 3.8) is 0 Å². The van der Waals surface area contributed by atoms with Gasteiger partial charge in [-0.1, -0.05) is 17.7 Å². The summed E-state index contributed by atoms with van der Waals surface area (Å²) in [6.45, 7) is 3.14. The number of benzene rings is 2. The summed E-state index contributed by atoms with van der Waals surface area (Å²) in [4.78, 5) is 25.3. The van der Waals surface area contributed by atoms with Gasteiger partial charge in [-0.25, -0.2) is 13.2 Å². The van der Waals surface area contributed by atoms with Gasteiger partial charge in [0.2, 0.25) is 11.8 Å². The van der Waals surface area contributed by atoms with Gasteiger partial charge in [-0.2, -0.15) is 0 Å². The Hall–Kier alpha value is -2.54. The Morgan fingerprint density at radius 1 is 1.12 bits per heavy atom. The van der Waals surface area contributed by atoms with E-state index in [1.165, 1.54) is 11.8 Å². The summed E-state index contributed by atoms with van der Waals surface area (Å²) in [5, 5.41) is 2.60. The molecule has 138 valence electrons. The lowest BCUT2D eigenvalue weighted by Crippen LogP contribution is -2.32. The fraction of sp³-hybridized carbons (Fsp3) is 0.222. The fourth-order valence-electron chi connectivity index (χ4n) is 2.37. The second-order valence-electron chi connectivity index (χ2n) is 5.62. The van der Waals surface area contributed by atoms with Gasteiger partial charge in [0.25, 0.3) is 0 Å². The van der Waals surface area contributed by atoms with Gasteiger partial charge in [0.1, 0.15) is 0 Å². The largest absolute Gasteiger partial charge is 0.323 e. The molecule has 2 amide bonds. The van der Waals surface area contributed by atoms with Crippen LogP contribution < -0.4 is 10.2 Å². The summed E-state index contributed by atoms with van der Waals surface area (Å²) >= 11 is 5.96. The third kappa shape index (κ3) is 4.54. The molecular weight excluding hydrogens is 369 g/mol. The van der Waals surface area contributed by atoms with Crippen molar-refractivity contribution in [1.29, 1.82) is 0 Å². The predicted octanol–water partition coefficient (Wildman–Crippen LogP) is 4.45. The fourth-order valence-corrected chi connectivity index (χ4v) is 2.54. The van der Waals surface area contributed by atoms with E-state index in [-0.39, 0.29) is 18.9 Å². The number of amides is 2. The van der Waals surface area contributed by atoms with E-state index < -0.39 is 29.0 Å². The molecule has 0 bridgehead atoms. The molecule has 0 saturated heterocycles. The van der Waals surface area contributed by atoms with E-state index in [1.54, 1.807) is 25.1 Å². The van der Waals surface area contributed by atoms with Crippen molar-refractivity contribution in [3.8, 4) is 0 Å². The first-order chi connectivity index (χ1) is 12.2. The first-order valence-electron chi connectivity index (χ1n) is 7.68. The molecule has 0 aliphatic rings. The van der Waals surface area contributed by atoms with Gasteiger partial charge >= 0.3 is 0 Å². The number of halogens is 4. The van der Waals surface area contributed by atoms with Crippen LogP contribution in [0.2, 0.25) is 5.02 Å². The number of carbonyl (C=O) groups is 2. The van der Waals surface area contributed by atoms with Gasteiger partial charge in [0.05, 0.1) is 5.69 Å². The molecule has 0 aliphatic heterocycles. The molecule has 0 spiro atoms. The highest BCUT2D eigenvalue weighted by Crippen LogP contribution is 2.25. The van der Waals surface area contributed by atoms with Crippen LogP contribution in [0.1, 0.15) is 18.9 Å². The van der Waals surface area contributed by atoms with Gasteiger partial charge in [-0.3, -0.25) is 9.59 Å². The van der Waals surface area contributed by atoms with Gasteiger partial charge < -0.3 is 10.2 Å². The minimum atomic E-state index is -1.66. The van der Waals surface area contributed by atoms with Crippen molar-refractivity contribution in [2.24, 2.45) is 0 Å². The van der Waals surface area contributed by atoms with E-state index >= 15 is 0 Å². The lowest BCUT2D eigenvalue weighted by molar-refractivity contribution is -0.117. The SMILES string of the molecule is CC(=O)N(CCC(=O)Nc1ccc(F)c(F)c1F)c1cc(Cl)ccc1C. The maximum atomic E-state index is 13.6. The first kappa shape index (κ1) is 19.8. The van der Waals surface area contributed by atoms with Crippen LogP contribution in [0, 0.1) is 24.4 Å². The van der Waals surface area contributed by atoms with E-state index in [0.717, 1.165) is 11.6 Å². The molecule has 2 aromatic carbocycles. The lowest BCUT2D eigenvalue weighted by Gasteiger charge is -2.23. The Morgan fingerprint density at radius 3 is 2.46 bits per heavy atom. The number of hydrogen-bond donors (Lipinski definition) is 1. The smallest absolute Gasteiger partial charge is 0.226 e. The zero-order valence-corrected chi connectivity index (χ0v) is 14.8. The van der Waals surface area contributed by atoms with E-state index in [2.05, 4.69) is 5.32 Å². The molecule has 1 N–H and O–H groups in total. The van der Waals surface area contributed by atoms with E-state index in [9.17, 15) is 22.8 Å². The molecule has 2 rings (SSSR count). The highest BCUT2D eigenvalue weighted by Gasteiger charge is 2.18. The molecule has 0 unspecified atom stereocenters. The standard InChI is InChI=1S/C18H16ClF3N2O2/c1-10-3-4-12(19)9-15(10)24(11(2)25)8-7-16(26)23-14-6-5-13(20)17(21)18(14)22/h3-6,9H,7-8H2,1-2H3,(H,23,26). The normalized spacial score (nSPS) is 10.5. The number of nitrogens with one attached hydrogen (secondary N) is 1. The molecule has 0 heterocycles. The van der Waals surface area contributed by atoms with E-state index in [0.29, 0.717) is 16.8 Å². The number of aryl methyl sites for hydroxylation is 1. The zero-order chi connectivity index (χ0) is 19.4. The van der Waals surface area contributed by atoms with Crippen molar-refractivity contribution in [3.05, 3.63) is 58.4 Å². The summed E-state index contributed by atoms with van der Waals surface area (Å²) in [6.07, 6.45) is -0.177. The van der Waals surface area contributed by atoms with Gasteiger partial charge in [-0.15, -0.1) is 0 Å². The van der Waals surface area contributed by atoms with Crippen molar-refractivity contribution in [1.82, 2.24) is 0 Å².